The predicted octanol–water partition coefficient (Wildman–Crippen LogP) is 23.0. The van der Waals surface area contributed by atoms with Gasteiger partial charge in [-0.05, 0) is 92.3 Å². The van der Waals surface area contributed by atoms with Crippen molar-refractivity contribution in [3.05, 3.63) is 303 Å². The van der Waals surface area contributed by atoms with Gasteiger partial charge in [0.1, 0.15) is 11.4 Å². The number of hydrogen-bond acceptors (Lipinski definition) is 4. The molecule has 0 fully saturated rings. The average Bonchev–Trinajstić information content (AvgIpc) is 1.51. The normalized spacial score (nSPS) is 12.5. The van der Waals surface area contributed by atoms with Crippen molar-refractivity contribution >= 4 is 163 Å². The molecule has 0 saturated heterocycles. The number of nitrogens with zero attached hydrogens (tertiary/aromatic N) is 8. The fraction of sp³-hybridized carbons (Fsp3) is 0. The standard InChI is InChI=1S/C90H50N8/c1-2-19-51(20-3-1)52-37-41-56(42-38-52)83-64-28-8-10-30-66(64)90(94-91-83)98-74-35-17-14-27-63(74)70-50-71-78-58(32-18-36-75(78)96-77-48-46-54-22-5-7-24-60(54)80(77)82(87(70)98)88(71)96)55-39-43-57(44-40-55)84-65-29-9-11-31-67(65)89(93-92-84)97-73-34-16-13-26-62(73)69-49-68-61-25-12-15-33-72(61)95-76-47-45-53-21-4-6-23-59(53)79(76)81(85(68)95)86(69)97/h1-50H. The first kappa shape index (κ1) is 52.1. The second-order valence-electron chi connectivity index (χ2n) is 26.4. The van der Waals surface area contributed by atoms with Crippen LogP contribution in [0.1, 0.15) is 0 Å². The lowest BCUT2D eigenvalue weighted by molar-refractivity contribution is 0.978. The highest BCUT2D eigenvalue weighted by molar-refractivity contribution is 6.40. The molecule has 15 aromatic carbocycles. The molecule has 0 aliphatic heterocycles. The van der Waals surface area contributed by atoms with Gasteiger partial charge in [0.05, 0.1) is 55.2 Å². The Bertz CT molecular complexity index is 7400. The van der Waals surface area contributed by atoms with E-state index in [1.54, 1.807) is 0 Å². The number of fused-ring (bicyclic) bond motifs is 26. The minimum atomic E-state index is 0.795. The van der Waals surface area contributed by atoms with Crippen LogP contribution in [-0.4, -0.2) is 38.3 Å². The maximum absolute atomic E-state index is 5.37. The molecule has 0 bridgehead atoms. The summed E-state index contributed by atoms with van der Waals surface area (Å²) in [5, 5.41) is 44.6. The summed E-state index contributed by atoms with van der Waals surface area (Å²) in [5.41, 5.74) is 19.9. The van der Waals surface area contributed by atoms with Crippen LogP contribution in [0.15, 0.2) is 303 Å². The largest absolute Gasteiger partial charge is 0.308 e. The van der Waals surface area contributed by atoms with Crippen LogP contribution >= 0.6 is 0 Å². The van der Waals surface area contributed by atoms with E-state index in [2.05, 4.69) is 321 Å². The van der Waals surface area contributed by atoms with Gasteiger partial charge in [-0.2, -0.15) is 0 Å². The highest BCUT2D eigenvalue weighted by Crippen LogP contribution is 2.52. The Hall–Kier alpha value is -13.3. The molecule has 98 heavy (non-hydrogen) atoms. The first-order valence-corrected chi connectivity index (χ1v) is 33.5. The first-order chi connectivity index (χ1) is 48.7. The van der Waals surface area contributed by atoms with Crippen molar-refractivity contribution in [3.63, 3.8) is 0 Å². The van der Waals surface area contributed by atoms with E-state index in [0.717, 1.165) is 116 Å². The molecule has 8 nitrogen and oxygen atoms in total. The zero-order chi connectivity index (χ0) is 63.6. The highest BCUT2D eigenvalue weighted by atomic mass is 15.2. The number of hydrogen-bond donors (Lipinski definition) is 0. The van der Waals surface area contributed by atoms with Crippen LogP contribution < -0.4 is 0 Å². The van der Waals surface area contributed by atoms with Gasteiger partial charge in [0.2, 0.25) is 0 Å². The molecule has 450 valence electrons. The molecule has 0 N–H and O–H groups in total. The van der Waals surface area contributed by atoms with Gasteiger partial charge in [-0.15, -0.1) is 20.4 Å². The number of para-hydroxylation sites is 3. The smallest absolute Gasteiger partial charge is 0.168 e. The van der Waals surface area contributed by atoms with Crippen LogP contribution in [0.4, 0.5) is 0 Å². The Kier molecular flexibility index (Phi) is 10.2. The van der Waals surface area contributed by atoms with Crippen molar-refractivity contribution in [2.24, 2.45) is 0 Å². The molecule has 0 radical (unpaired) electrons. The van der Waals surface area contributed by atoms with Crippen molar-refractivity contribution in [2.75, 3.05) is 0 Å². The molecule has 0 amide bonds. The first-order valence-electron chi connectivity index (χ1n) is 33.5. The highest BCUT2D eigenvalue weighted by Gasteiger charge is 2.30. The Balaban J connectivity index is 0.716. The summed E-state index contributed by atoms with van der Waals surface area (Å²) in [6, 6.07) is 111. The molecular weight excluding hydrogens is 1190 g/mol. The maximum atomic E-state index is 5.37. The van der Waals surface area contributed by atoms with Crippen molar-refractivity contribution < 1.29 is 0 Å². The van der Waals surface area contributed by atoms with Gasteiger partial charge in [-0.3, -0.25) is 9.13 Å². The third kappa shape index (κ3) is 6.76. The minimum Gasteiger partial charge on any atom is -0.308 e. The predicted molar refractivity (Wildman–Crippen MR) is 407 cm³/mol. The molecule has 8 heterocycles. The Morgan fingerprint density at radius 2 is 0.571 bits per heavy atom. The lowest BCUT2D eigenvalue weighted by Gasteiger charge is -2.14. The summed E-state index contributed by atoms with van der Waals surface area (Å²) in [5.74, 6) is 1.60. The maximum Gasteiger partial charge on any atom is 0.168 e. The third-order valence-corrected chi connectivity index (χ3v) is 21.6. The molecule has 23 rings (SSSR count). The van der Waals surface area contributed by atoms with Crippen LogP contribution in [0.3, 0.4) is 0 Å². The zero-order valence-corrected chi connectivity index (χ0v) is 52.4. The Labute approximate surface area is 557 Å². The lowest BCUT2D eigenvalue weighted by atomic mass is 9.95. The van der Waals surface area contributed by atoms with Crippen LogP contribution in [-0.2, 0) is 0 Å². The van der Waals surface area contributed by atoms with Crippen LogP contribution in [0.5, 0.6) is 0 Å². The third-order valence-electron chi connectivity index (χ3n) is 21.6. The lowest BCUT2D eigenvalue weighted by Crippen LogP contribution is -2.03. The van der Waals surface area contributed by atoms with Crippen molar-refractivity contribution in [2.45, 2.75) is 0 Å². The average molecular weight is 1240 g/mol. The van der Waals surface area contributed by atoms with E-state index in [1.807, 2.05) is 0 Å². The molecule has 0 aliphatic carbocycles. The van der Waals surface area contributed by atoms with Crippen LogP contribution in [0, 0.1) is 0 Å². The topological polar surface area (TPSA) is 70.2 Å². The van der Waals surface area contributed by atoms with E-state index in [1.165, 1.54) is 103 Å². The van der Waals surface area contributed by atoms with Crippen LogP contribution in [0.2, 0.25) is 0 Å². The quantitative estimate of drug-likeness (QED) is 0.166. The van der Waals surface area contributed by atoms with Gasteiger partial charge in [-0.1, -0.05) is 255 Å². The monoisotopic (exact) mass is 1240 g/mol. The fourth-order valence-corrected chi connectivity index (χ4v) is 17.5. The SMILES string of the molecule is c1ccc(-c2ccc(-c3nnc(-n4c5ccccc5c5cc6c7c(-c8ccc(-c9nnc(-n%10c%11ccccc%11c%11cc%12c%13ccccc%13n%13c%14ccc%15ccccc%15c%14c(c%11%10)c%12%13)c%10ccccc9%10)cc8)cccc7n7c8ccc9ccccc9c8c(c54)c67)c4ccccc34)cc2)cc1. The summed E-state index contributed by atoms with van der Waals surface area (Å²) in [4.78, 5) is 0. The fourth-order valence-electron chi connectivity index (χ4n) is 17.5. The number of aromatic nitrogens is 8. The summed E-state index contributed by atoms with van der Waals surface area (Å²) in [6.45, 7) is 0. The Morgan fingerprint density at radius 3 is 1.12 bits per heavy atom. The molecule has 0 unspecified atom stereocenters. The van der Waals surface area contributed by atoms with E-state index in [4.69, 9.17) is 20.4 Å². The molecule has 0 spiro atoms. The minimum absolute atomic E-state index is 0.795. The zero-order valence-electron chi connectivity index (χ0n) is 52.4. The van der Waals surface area contributed by atoms with Crippen molar-refractivity contribution in [3.8, 4) is 56.4 Å². The molecule has 8 heteroatoms. The van der Waals surface area contributed by atoms with E-state index in [9.17, 15) is 0 Å². The summed E-state index contributed by atoms with van der Waals surface area (Å²) in [7, 11) is 0. The molecule has 0 aliphatic rings. The molecular formula is C90H50N8. The van der Waals surface area contributed by atoms with Crippen LogP contribution in [0.25, 0.3) is 219 Å². The Morgan fingerprint density at radius 1 is 0.194 bits per heavy atom. The van der Waals surface area contributed by atoms with Crippen molar-refractivity contribution in [1.82, 2.24) is 38.3 Å². The second kappa shape index (κ2) is 19.2. The van der Waals surface area contributed by atoms with E-state index in [0.29, 0.717) is 0 Å². The van der Waals surface area contributed by atoms with E-state index in [-0.39, 0.29) is 0 Å². The van der Waals surface area contributed by atoms with Gasteiger partial charge < -0.3 is 8.80 Å². The van der Waals surface area contributed by atoms with Crippen molar-refractivity contribution in [1.29, 1.82) is 0 Å². The summed E-state index contributed by atoms with van der Waals surface area (Å²) >= 11 is 0. The number of rotatable bonds is 6. The van der Waals surface area contributed by atoms with Gasteiger partial charge in [0, 0.05) is 97.3 Å². The van der Waals surface area contributed by atoms with Gasteiger partial charge in [0.15, 0.2) is 11.6 Å². The summed E-state index contributed by atoms with van der Waals surface area (Å²) in [6.07, 6.45) is 0. The second-order valence-corrected chi connectivity index (χ2v) is 26.4. The molecule has 8 aromatic heterocycles. The molecule has 23 aromatic rings. The van der Waals surface area contributed by atoms with E-state index >= 15 is 0 Å². The van der Waals surface area contributed by atoms with Gasteiger partial charge in [0.25, 0.3) is 0 Å². The van der Waals surface area contributed by atoms with E-state index < -0.39 is 0 Å². The summed E-state index contributed by atoms with van der Waals surface area (Å²) < 4.78 is 9.84. The van der Waals surface area contributed by atoms with Gasteiger partial charge >= 0.3 is 0 Å². The van der Waals surface area contributed by atoms with Gasteiger partial charge in [-0.25, -0.2) is 0 Å². The molecule has 0 atom stereocenters. The number of benzene rings is 15. The molecule has 0 saturated carbocycles.